The van der Waals surface area contributed by atoms with Crippen molar-refractivity contribution in [3.8, 4) is 23.0 Å². The molecule has 30 heavy (non-hydrogen) atoms. The molecule has 0 saturated carbocycles. The maximum atomic E-state index is 12.1. The van der Waals surface area contributed by atoms with E-state index >= 15 is 0 Å². The van der Waals surface area contributed by atoms with Gasteiger partial charge in [0.05, 0.1) is 5.69 Å². The Morgan fingerprint density at radius 2 is 1.80 bits per heavy atom. The summed E-state index contributed by atoms with van der Waals surface area (Å²) >= 11 is 0. The van der Waals surface area contributed by atoms with Crippen LogP contribution in [-0.4, -0.2) is 24.2 Å². The minimum Gasteiger partial charge on any atom is -0.449 e. The first-order valence-corrected chi connectivity index (χ1v) is 9.93. The summed E-state index contributed by atoms with van der Waals surface area (Å²) in [6.45, 7) is 2.63. The normalized spacial score (nSPS) is 11.8. The van der Waals surface area contributed by atoms with E-state index in [1.807, 2.05) is 37.3 Å². The molecular formula is C25H23N3O2. The van der Waals surface area contributed by atoms with Crippen LogP contribution in [0, 0.1) is 18.8 Å². The average Bonchev–Trinajstić information content (AvgIpc) is 3.07. The van der Waals surface area contributed by atoms with Gasteiger partial charge in [-0.2, -0.15) is 0 Å². The van der Waals surface area contributed by atoms with Gasteiger partial charge in [0.25, 0.3) is 0 Å². The minimum absolute atomic E-state index is 0.0542. The standard InChI is InChI=1S/C25H23N3O2/c1-17-14-23(26)24(28-15-17)12-6-7-13-27-25(29)30-16-22-20-10-4-2-8-18(20)19-9-3-5-11-21(19)22/h2-5,8-11,14-15,22H,7,13,16,26H2,1H3,(H,27,29). The minimum atomic E-state index is -0.438. The number of nitrogens with two attached hydrogens (primary N) is 1. The molecule has 2 aromatic carbocycles. The number of nitrogens with zero attached hydrogens (tertiary/aromatic N) is 1. The van der Waals surface area contributed by atoms with E-state index in [-0.39, 0.29) is 5.92 Å². The summed E-state index contributed by atoms with van der Waals surface area (Å²) in [6, 6.07) is 18.4. The molecule has 0 spiro atoms. The number of carbonyl (C=O) groups excluding carboxylic acids is 1. The largest absolute Gasteiger partial charge is 0.449 e. The Morgan fingerprint density at radius 1 is 1.13 bits per heavy atom. The van der Waals surface area contributed by atoms with Gasteiger partial charge in [-0.1, -0.05) is 54.5 Å². The summed E-state index contributed by atoms with van der Waals surface area (Å²) < 4.78 is 5.51. The molecule has 1 aliphatic rings. The maximum Gasteiger partial charge on any atom is 0.407 e. The van der Waals surface area contributed by atoms with E-state index in [4.69, 9.17) is 10.5 Å². The third kappa shape index (κ3) is 4.13. The van der Waals surface area contributed by atoms with Gasteiger partial charge < -0.3 is 15.8 Å². The van der Waals surface area contributed by atoms with Crippen molar-refractivity contribution in [3.05, 3.63) is 83.2 Å². The van der Waals surface area contributed by atoms with Crippen molar-refractivity contribution >= 4 is 11.8 Å². The van der Waals surface area contributed by atoms with Gasteiger partial charge >= 0.3 is 6.09 Å². The van der Waals surface area contributed by atoms with Crippen molar-refractivity contribution in [1.82, 2.24) is 10.3 Å². The maximum absolute atomic E-state index is 12.1. The number of amides is 1. The molecule has 1 heterocycles. The van der Waals surface area contributed by atoms with Gasteiger partial charge in [0.2, 0.25) is 0 Å². The monoisotopic (exact) mass is 397 g/mol. The van der Waals surface area contributed by atoms with Crippen molar-refractivity contribution in [2.45, 2.75) is 19.3 Å². The van der Waals surface area contributed by atoms with Crippen LogP contribution in [0.25, 0.3) is 11.1 Å². The zero-order valence-corrected chi connectivity index (χ0v) is 16.8. The van der Waals surface area contributed by atoms with Crippen molar-refractivity contribution in [2.24, 2.45) is 0 Å². The van der Waals surface area contributed by atoms with Crippen LogP contribution in [0.1, 0.15) is 34.7 Å². The number of carbonyl (C=O) groups is 1. The van der Waals surface area contributed by atoms with Gasteiger partial charge in [0.1, 0.15) is 12.3 Å². The molecule has 3 aromatic rings. The van der Waals surface area contributed by atoms with Gasteiger partial charge in [0, 0.05) is 25.1 Å². The molecular weight excluding hydrogens is 374 g/mol. The topological polar surface area (TPSA) is 77.2 Å². The molecule has 0 saturated heterocycles. The molecule has 0 atom stereocenters. The molecule has 0 fully saturated rings. The van der Waals surface area contributed by atoms with Crippen LogP contribution in [0.4, 0.5) is 10.5 Å². The summed E-state index contributed by atoms with van der Waals surface area (Å²) in [7, 11) is 0. The van der Waals surface area contributed by atoms with Crippen LogP contribution in [0.2, 0.25) is 0 Å². The first-order valence-electron chi connectivity index (χ1n) is 9.93. The van der Waals surface area contributed by atoms with Gasteiger partial charge in [-0.3, -0.25) is 0 Å². The number of pyridine rings is 1. The SMILES string of the molecule is Cc1cnc(C#CCCNC(=O)OCC2c3ccccc3-c3ccccc32)c(N)c1. The van der Waals surface area contributed by atoms with Crippen molar-refractivity contribution < 1.29 is 9.53 Å². The molecule has 1 amide bonds. The Morgan fingerprint density at radius 3 is 2.47 bits per heavy atom. The molecule has 0 aliphatic heterocycles. The second-order valence-electron chi connectivity index (χ2n) is 7.25. The van der Waals surface area contributed by atoms with Crippen LogP contribution in [-0.2, 0) is 4.74 Å². The number of ether oxygens (including phenoxy) is 1. The highest BCUT2D eigenvalue weighted by molar-refractivity contribution is 5.79. The third-order valence-corrected chi connectivity index (χ3v) is 5.12. The quantitative estimate of drug-likeness (QED) is 0.510. The predicted molar refractivity (Wildman–Crippen MR) is 118 cm³/mol. The summed E-state index contributed by atoms with van der Waals surface area (Å²) in [5, 5.41) is 2.75. The Balaban J connectivity index is 1.29. The smallest absolute Gasteiger partial charge is 0.407 e. The zero-order valence-electron chi connectivity index (χ0n) is 16.8. The van der Waals surface area contributed by atoms with Crippen molar-refractivity contribution in [1.29, 1.82) is 0 Å². The Kier molecular flexibility index (Phi) is 5.67. The number of anilines is 1. The summed E-state index contributed by atoms with van der Waals surface area (Å²) in [4.78, 5) is 16.3. The number of rotatable bonds is 4. The fraction of sp³-hybridized carbons (Fsp3) is 0.200. The number of fused-ring (bicyclic) bond motifs is 3. The van der Waals surface area contributed by atoms with E-state index in [2.05, 4.69) is 46.4 Å². The second-order valence-corrected chi connectivity index (χ2v) is 7.25. The van der Waals surface area contributed by atoms with Crippen LogP contribution in [0.3, 0.4) is 0 Å². The number of hydrogen-bond donors (Lipinski definition) is 2. The second kappa shape index (κ2) is 8.71. The van der Waals surface area contributed by atoms with E-state index < -0.39 is 6.09 Å². The zero-order chi connectivity index (χ0) is 20.9. The van der Waals surface area contributed by atoms with Crippen molar-refractivity contribution in [2.75, 3.05) is 18.9 Å². The Bertz CT molecular complexity index is 1100. The van der Waals surface area contributed by atoms with Gasteiger partial charge in [-0.25, -0.2) is 9.78 Å². The number of aromatic nitrogens is 1. The first kappa shape index (κ1) is 19.5. The van der Waals surface area contributed by atoms with Crippen LogP contribution in [0.5, 0.6) is 0 Å². The van der Waals surface area contributed by atoms with E-state index in [9.17, 15) is 4.79 Å². The number of aryl methyl sites for hydroxylation is 1. The lowest BCUT2D eigenvalue weighted by Gasteiger charge is -2.14. The third-order valence-electron chi connectivity index (χ3n) is 5.12. The summed E-state index contributed by atoms with van der Waals surface area (Å²) in [6.07, 6.45) is 1.78. The number of benzene rings is 2. The van der Waals surface area contributed by atoms with E-state index in [1.165, 1.54) is 22.3 Å². The fourth-order valence-electron chi connectivity index (χ4n) is 3.72. The van der Waals surface area contributed by atoms with E-state index in [0.29, 0.717) is 31.0 Å². The van der Waals surface area contributed by atoms with Gasteiger partial charge in [0.15, 0.2) is 0 Å². The lowest BCUT2D eigenvalue weighted by Crippen LogP contribution is -2.26. The van der Waals surface area contributed by atoms with Crippen LogP contribution < -0.4 is 11.1 Å². The summed E-state index contributed by atoms with van der Waals surface area (Å²) in [5.41, 5.74) is 12.8. The molecule has 150 valence electrons. The highest BCUT2D eigenvalue weighted by atomic mass is 16.5. The molecule has 0 bridgehead atoms. The fourth-order valence-corrected chi connectivity index (χ4v) is 3.72. The predicted octanol–water partition coefficient (Wildman–Crippen LogP) is 4.25. The molecule has 0 unspecified atom stereocenters. The summed E-state index contributed by atoms with van der Waals surface area (Å²) in [5.74, 6) is 5.97. The Hall–Kier alpha value is -3.78. The lowest BCUT2D eigenvalue weighted by molar-refractivity contribution is 0.143. The number of alkyl carbamates (subject to hydrolysis) is 1. The lowest BCUT2D eigenvalue weighted by atomic mass is 9.98. The molecule has 1 aliphatic carbocycles. The molecule has 3 N–H and O–H groups in total. The van der Waals surface area contributed by atoms with Crippen LogP contribution in [0.15, 0.2) is 60.8 Å². The van der Waals surface area contributed by atoms with Gasteiger partial charge in [-0.15, -0.1) is 0 Å². The highest BCUT2D eigenvalue weighted by Gasteiger charge is 2.28. The molecule has 5 heteroatoms. The molecule has 5 nitrogen and oxygen atoms in total. The molecule has 1 aromatic heterocycles. The van der Waals surface area contributed by atoms with E-state index in [1.54, 1.807) is 6.20 Å². The van der Waals surface area contributed by atoms with Gasteiger partial charge in [-0.05, 0) is 46.7 Å². The molecule has 4 rings (SSSR count). The number of nitrogens with one attached hydrogen (secondary N) is 1. The highest BCUT2D eigenvalue weighted by Crippen LogP contribution is 2.44. The first-order chi connectivity index (χ1) is 14.6. The van der Waals surface area contributed by atoms with Crippen LogP contribution >= 0.6 is 0 Å². The molecule has 0 radical (unpaired) electrons. The van der Waals surface area contributed by atoms with Crippen molar-refractivity contribution in [3.63, 3.8) is 0 Å². The number of hydrogen-bond acceptors (Lipinski definition) is 4. The Labute approximate surface area is 176 Å². The number of nitrogen functional groups attached to an aromatic ring is 1. The average molecular weight is 397 g/mol. The van der Waals surface area contributed by atoms with E-state index in [0.717, 1.165) is 5.56 Å².